The predicted molar refractivity (Wildman–Crippen MR) is 73.6 cm³/mol. The zero-order valence-corrected chi connectivity index (χ0v) is 11.5. The van der Waals surface area contributed by atoms with Gasteiger partial charge in [0.15, 0.2) is 23.3 Å². The summed E-state index contributed by atoms with van der Waals surface area (Å²) in [7, 11) is 0. The average molecular weight is 269 g/mol. The molecular weight excluding hydrogens is 248 g/mol. The van der Waals surface area contributed by atoms with E-state index in [4.69, 9.17) is 0 Å². The Bertz CT molecular complexity index is 437. The highest BCUT2D eigenvalue weighted by Crippen LogP contribution is 2.29. The smallest absolute Gasteiger partial charge is 0.168 e. The maximum absolute atomic E-state index is 13.9. The Morgan fingerprint density at radius 3 is 2.84 bits per heavy atom. The molecule has 0 radical (unpaired) electrons. The molecule has 0 saturated carbocycles. The Morgan fingerprint density at radius 1 is 1.37 bits per heavy atom. The molecule has 0 aromatic carbocycles. The number of hydrogen-bond acceptors (Lipinski definition) is 3. The maximum atomic E-state index is 13.9. The second-order valence-electron chi connectivity index (χ2n) is 4.95. The largest absolute Gasteiger partial charge is 0.368 e. The molecule has 0 amide bonds. The number of nitrogens with zero attached hydrogens (tertiary/aromatic N) is 2. The van der Waals surface area contributed by atoms with Crippen LogP contribution < -0.4 is 10.2 Å². The molecule has 1 aliphatic heterocycles. The Morgan fingerprint density at radius 2 is 2.16 bits per heavy atom. The minimum atomic E-state index is -0.623. The van der Waals surface area contributed by atoms with Gasteiger partial charge < -0.3 is 10.2 Å². The van der Waals surface area contributed by atoms with E-state index in [1.165, 1.54) is 0 Å². The van der Waals surface area contributed by atoms with Gasteiger partial charge in [0, 0.05) is 25.2 Å². The van der Waals surface area contributed by atoms with E-state index in [1.807, 2.05) is 11.8 Å². The molecule has 1 fully saturated rings. The van der Waals surface area contributed by atoms with E-state index in [0.717, 1.165) is 38.3 Å². The number of halogens is 2. The van der Waals surface area contributed by atoms with Crippen LogP contribution in [0.15, 0.2) is 6.07 Å². The van der Waals surface area contributed by atoms with Gasteiger partial charge in [0.1, 0.15) is 0 Å². The van der Waals surface area contributed by atoms with Crippen LogP contribution in [0.2, 0.25) is 0 Å². The first-order valence-corrected chi connectivity index (χ1v) is 7.03. The van der Waals surface area contributed by atoms with Gasteiger partial charge >= 0.3 is 0 Å². The molecule has 1 unspecified atom stereocenters. The van der Waals surface area contributed by atoms with Crippen LogP contribution in [0.1, 0.15) is 39.5 Å². The summed E-state index contributed by atoms with van der Waals surface area (Å²) in [5.41, 5.74) is 0. The molecule has 3 nitrogen and oxygen atoms in total. The fourth-order valence-corrected chi connectivity index (χ4v) is 2.56. The molecule has 0 bridgehead atoms. The normalized spacial score (nSPS) is 18.9. The standard InChI is InChI=1S/C14H21F2N3/c1-3-7-17-13-11(15)9-12(16)14(18-13)19-8-5-6-10(19)4-2/h9-10H,3-8H2,1-2H3,(H,17,18). The van der Waals surface area contributed by atoms with E-state index in [-0.39, 0.29) is 11.6 Å². The lowest BCUT2D eigenvalue weighted by molar-refractivity contribution is 0.560. The van der Waals surface area contributed by atoms with Gasteiger partial charge in [-0.15, -0.1) is 0 Å². The monoisotopic (exact) mass is 269 g/mol. The van der Waals surface area contributed by atoms with Crippen molar-refractivity contribution < 1.29 is 8.78 Å². The van der Waals surface area contributed by atoms with Crippen molar-refractivity contribution in [2.75, 3.05) is 23.3 Å². The number of rotatable bonds is 5. The van der Waals surface area contributed by atoms with E-state index in [1.54, 1.807) is 0 Å². The first kappa shape index (κ1) is 14.0. The van der Waals surface area contributed by atoms with E-state index in [9.17, 15) is 8.78 Å². The summed E-state index contributed by atoms with van der Waals surface area (Å²) >= 11 is 0. The average Bonchev–Trinajstić information content (AvgIpc) is 2.86. The van der Waals surface area contributed by atoms with E-state index in [0.29, 0.717) is 12.6 Å². The van der Waals surface area contributed by atoms with Crippen LogP contribution in [0.5, 0.6) is 0 Å². The van der Waals surface area contributed by atoms with E-state index >= 15 is 0 Å². The molecule has 1 aromatic heterocycles. The van der Waals surface area contributed by atoms with Crippen molar-refractivity contribution in [3.63, 3.8) is 0 Å². The quantitative estimate of drug-likeness (QED) is 0.886. The van der Waals surface area contributed by atoms with Gasteiger partial charge in [0.25, 0.3) is 0 Å². The van der Waals surface area contributed by atoms with Gasteiger partial charge in [-0.1, -0.05) is 13.8 Å². The number of pyridine rings is 1. The van der Waals surface area contributed by atoms with Crippen LogP contribution in [0.25, 0.3) is 0 Å². The van der Waals surface area contributed by atoms with Crippen molar-refractivity contribution >= 4 is 11.6 Å². The van der Waals surface area contributed by atoms with Crippen LogP contribution in [0.4, 0.5) is 20.4 Å². The zero-order chi connectivity index (χ0) is 13.8. The Hall–Kier alpha value is -1.39. The zero-order valence-electron chi connectivity index (χ0n) is 11.5. The van der Waals surface area contributed by atoms with Gasteiger partial charge in [-0.2, -0.15) is 0 Å². The van der Waals surface area contributed by atoms with E-state index in [2.05, 4.69) is 17.2 Å². The van der Waals surface area contributed by atoms with Crippen molar-refractivity contribution in [3.05, 3.63) is 17.7 Å². The summed E-state index contributed by atoms with van der Waals surface area (Å²) in [4.78, 5) is 6.12. The molecule has 2 rings (SSSR count). The molecule has 0 spiro atoms. The Kier molecular flexibility index (Phi) is 4.56. The van der Waals surface area contributed by atoms with Crippen molar-refractivity contribution in [2.45, 2.75) is 45.6 Å². The van der Waals surface area contributed by atoms with Crippen LogP contribution in [-0.4, -0.2) is 24.1 Å². The van der Waals surface area contributed by atoms with Crippen molar-refractivity contribution in [1.82, 2.24) is 4.98 Å². The number of aromatic nitrogens is 1. The van der Waals surface area contributed by atoms with Crippen molar-refractivity contribution in [2.24, 2.45) is 0 Å². The van der Waals surface area contributed by atoms with E-state index < -0.39 is 11.6 Å². The van der Waals surface area contributed by atoms with Crippen molar-refractivity contribution in [1.29, 1.82) is 0 Å². The van der Waals surface area contributed by atoms with Gasteiger partial charge in [0.2, 0.25) is 0 Å². The van der Waals surface area contributed by atoms with Crippen LogP contribution in [0, 0.1) is 11.6 Å². The Balaban J connectivity index is 2.28. The van der Waals surface area contributed by atoms with Crippen LogP contribution >= 0.6 is 0 Å². The number of hydrogen-bond donors (Lipinski definition) is 1. The minimum Gasteiger partial charge on any atom is -0.368 e. The molecule has 1 aromatic rings. The molecule has 1 atom stereocenters. The first-order chi connectivity index (χ1) is 9.17. The fourth-order valence-electron chi connectivity index (χ4n) is 2.56. The summed E-state index contributed by atoms with van der Waals surface area (Å²) in [5.74, 6) is -0.758. The molecule has 1 saturated heterocycles. The van der Waals surface area contributed by atoms with Gasteiger partial charge in [-0.05, 0) is 25.7 Å². The van der Waals surface area contributed by atoms with Crippen LogP contribution in [-0.2, 0) is 0 Å². The summed E-state index contributed by atoms with van der Waals surface area (Å²) < 4.78 is 27.6. The second kappa shape index (κ2) is 6.17. The lowest BCUT2D eigenvalue weighted by Crippen LogP contribution is -2.30. The molecule has 5 heteroatoms. The lowest BCUT2D eigenvalue weighted by atomic mass is 10.2. The summed E-state index contributed by atoms with van der Waals surface area (Å²) in [6.45, 7) is 5.50. The molecule has 1 N–H and O–H groups in total. The maximum Gasteiger partial charge on any atom is 0.168 e. The van der Waals surface area contributed by atoms with Crippen molar-refractivity contribution in [3.8, 4) is 0 Å². The topological polar surface area (TPSA) is 28.2 Å². The summed E-state index contributed by atoms with van der Waals surface area (Å²) in [6, 6.07) is 1.25. The SMILES string of the molecule is CCCNc1nc(N2CCCC2CC)c(F)cc1F. The summed E-state index contributed by atoms with van der Waals surface area (Å²) in [6.07, 6.45) is 3.91. The van der Waals surface area contributed by atoms with Gasteiger partial charge in [-0.3, -0.25) is 0 Å². The Labute approximate surface area is 113 Å². The molecule has 2 heterocycles. The van der Waals surface area contributed by atoms with Crippen LogP contribution in [0.3, 0.4) is 0 Å². The predicted octanol–water partition coefficient (Wildman–Crippen LogP) is 3.56. The van der Waals surface area contributed by atoms with Gasteiger partial charge in [-0.25, -0.2) is 13.8 Å². The lowest BCUT2D eigenvalue weighted by Gasteiger charge is -2.25. The molecule has 106 valence electrons. The van der Waals surface area contributed by atoms with Gasteiger partial charge in [0.05, 0.1) is 0 Å². The fraction of sp³-hybridized carbons (Fsp3) is 0.643. The third-order valence-corrected chi connectivity index (χ3v) is 3.57. The molecule has 1 aliphatic rings. The number of anilines is 2. The second-order valence-corrected chi connectivity index (χ2v) is 4.95. The number of nitrogens with one attached hydrogen (secondary N) is 1. The highest BCUT2D eigenvalue weighted by Gasteiger charge is 2.27. The third-order valence-electron chi connectivity index (χ3n) is 3.57. The third kappa shape index (κ3) is 2.96. The highest BCUT2D eigenvalue weighted by atomic mass is 19.1. The summed E-state index contributed by atoms with van der Waals surface area (Å²) in [5, 5.41) is 2.91. The molecule has 19 heavy (non-hydrogen) atoms. The minimum absolute atomic E-state index is 0.153. The highest BCUT2D eigenvalue weighted by molar-refractivity contribution is 5.50. The molecular formula is C14H21F2N3. The first-order valence-electron chi connectivity index (χ1n) is 7.03. The molecule has 0 aliphatic carbocycles.